The number of rotatable bonds is 4. The molecule has 0 aliphatic heterocycles. The van der Waals surface area contributed by atoms with E-state index >= 15 is 0 Å². The maximum atomic E-state index is 13.3. The van der Waals surface area contributed by atoms with Crippen LogP contribution in [0.25, 0.3) is 5.65 Å². The van der Waals surface area contributed by atoms with Crippen molar-refractivity contribution in [3.63, 3.8) is 0 Å². The molecule has 2 aromatic heterocycles. The summed E-state index contributed by atoms with van der Waals surface area (Å²) in [4.78, 5) is 4.35. The molecule has 1 N–H and O–H groups in total. The Morgan fingerprint density at radius 1 is 1.32 bits per heavy atom. The molecule has 0 radical (unpaired) electrons. The van der Waals surface area contributed by atoms with Crippen LogP contribution in [0, 0.1) is 12.7 Å². The molecule has 0 atom stereocenters. The zero-order chi connectivity index (χ0) is 15.1. The average Bonchev–Trinajstić information content (AvgIpc) is 3.27. The van der Waals surface area contributed by atoms with Gasteiger partial charge in [0.2, 0.25) is 5.65 Å². The Morgan fingerprint density at radius 2 is 2.18 bits per heavy atom. The molecule has 1 aliphatic carbocycles. The first kappa shape index (κ1) is 13.2. The summed E-state index contributed by atoms with van der Waals surface area (Å²) in [5.74, 6) is 2.06. The average molecular weight is 297 g/mol. The molecule has 1 aromatic carbocycles. The van der Waals surface area contributed by atoms with Crippen molar-refractivity contribution in [1.82, 2.24) is 19.6 Å². The fraction of sp³-hybridized carbons (Fsp3) is 0.312. The van der Waals surface area contributed by atoms with Crippen molar-refractivity contribution in [2.24, 2.45) is 0 Å². The van der Waals surface area contributed by atoms with E-state index < -0.39 is 0 Å². The number of aromatic nitrogens is 4. The Morgan fingerprint density at radius 3 is 2.95 bits per heavy atom. The third-order valence-corrected chi connectivity index (χ3v) is 3.98. The monoisotopic (exact) mass is 297 g/mol. The van der Waals surface area contributed by atoms with E-state index in [-0.39, 0.29) is 5.82 Å². The van der Waals surface area contributed by atoms with Crippen LogP contribution < -0.4 is 5.32 Å². The lowest BCUT2D eigenvalue weighted by atomic mass is 10.1. The fourth-order valence-electron chi connectivity index (χ4n) is 2.59. The Balaban J connectivity index is 1.60. The minimum Gasteiger partial charge on any atom is -0.363 e. The summed E-state index contributed by atoms with van der Waals surface area (Å²) in [5.41, 5.74) is 2.39. The predicted molar refractivity (Wildman–Crippen MR) is 81.2 cm³/mol. The van der Waals surface area contributed by atoms with Crippen LogP contribution in [0.3, 0.4) is 0 Å². The molecular weight excluding hydrogens is 281 g/mol. The van der Waals surface area contributed by atoms with E-state index in [1.165, 1.54) is 18.9 Å². The van der Waals surface area contributed by atoms with Crippen molar-refractivity contribution in [1.29, 1.82) is 0 Å². The van der Waals surface area contributed by atoms with E-state index in [1.807, 2.05) is 16.7 Å². The molecule has 6 heteroatoms. The summed E-state index contributed by atoms with van der Waals surface area (Å²) in [5, 5.41) is 11.8. The lowest BCUT2D eigenvalue weighted by Gasteiger charge is -2.08. The predicted octanol–water partition coefficient (Wildman–Crippen LogP) is 3.06. The number of hydrogen-bond donors (Lipinski definition) is 1. The minimum atomic E-state index is -0.185. The number of benzene rings is 1. The van der Waals surface area contributed by atoms with Crippen molar-refractivity contribution in [3.8, 4) is 0 Å². The Kier molecular flexibility index (Phi) is 3.03. The summed E-state index contributed by atoms with van der Waals surface area (Å²) < 4.78 is 15.3. The molecule has 0 spiro atoms. The van der Waals surface area contributed by atoms with Crippen molar-refractivity contribution < 1.29 is 4.39 Å². The van der Waals surface area contributed by atoms with Crippen molar-refractivity contribution >= 4 is 11.5 Å². The van der Waals surface area contributed by atoms with Gasteiger partial charge in [-0.3, -0.25) is 4.40 Å². The Labute approximate surface area is 127 Å². The maximum Gasteiger partial charge on any atom is 0.203 e. The molecule has 22 heavy (non-hydrogen) atoms. The van der Waals surface area contributed by atoms with E-state index in [4.69, 9.17) is 0 Å². The quantitative estimate of drug-likeness (QED) is 0.804. The lowest BCUT2D eigenvalue weighted by molar-refractivity contribution is 0.617. The van der Waals surface area contributed by atoms with Crippen LogP contribution in [0.5, 0.6) is 0 Å². The van der Waals surface area contributed by atoms with Gasteiger partial charge in [-0.2, -0.15) is 0 Å². The molecule has 0 bridgehead atoms. The maximum absolute atomic E-state index is 13.3. The van der Waals surface area contributed by atoms with Gasteiger partial charge in [-0.1, -0.05) is 12.1 Å². The zero-order valence-electron chi connectivity index (χ0n) is 12.3. The molecular formula is C16H16FN5. The van der Waals surface area contributed by atoms with Crippen molar-refractivity contribution in [2.45, 2.75) is 32.2 Å². The van der Waals surface area contributed by atoms with Crippen LogP contribution >= 0.6 is 0 Å². The van der Waals surface area contributed by atoms with Gasteiger partial charge in [0.15, 0.2) is 5.82 Å². The molecule has 0 amide bonds. The SMILES string of the molecule is Cc1cc(CNc2nccn3c(C4CC4)nnc23)ccc1F. The van der Waals surface area contributed by atoms with Gasteiger partial charge in [-0.05, 0) is 37.0 Å². The molecule has 2 heterocycles. The number of aryl methyl sites for hydroxylation is 1. The van der Waals surface area contributed by atoms with Gasteiger partial charge in [-0.15, -0.1) is 10.2 Å². The summed E-state index contributed by atoms with van der Waals surface area (Å²) in [6.45, 7) is 2.33. The lowest BCUT2D eigenvalue weighted by Crippen LogP contribution is -2.04. The number of nitrogens with zero attached hydrogens (tertiary/aromatic N) is 4. The summed E-state index contributed by atoms with van der Waals surface area (Å²) in [7, 11) is 0. The van der Waals surface area contributed by atoms with E-state index in [9.17, 15) is 4.39 Å². The largest absolute Gasteiger partial charge is 0.363 e. The topological polar surface area (TPSA) is 55.1 Å². The molecule has 112 valence electrons. The molecule has 0 unspecified atom stereocenters. The molecule has 0 saturated heterocycles. The first-order valence-electron chi connectivity index (χ1n) is 7.41. The second kappa shape index (κ2) is 5.05. The fourth-order valence-corrected chi connectivity index (χ4v) is 2.59. The number of fused-ring (bicyclic) bond motifs is 1. The van der Waals surface area contributed by atoms with Gasteiger partial charge in [0.25, 0.3) is 0 Å². The molecule has 3 aromatic rings. The second-order valence-electron chi connectivity index (χ2n) is 5.74. The Hall–Kier alpha value is -2.50. The smallest absolute Gasteiger partial charge is 0.203 e. The summed E-state index contributed by atoms with van der Waals surface area (Å²) >= 11 is 0. The summed E-state index contributed by atoms with van der Waals surface area (Å²) in [6.07, 6.45) is 6.01. The van der Waals surface area contributed by atoms with Gasteiger partial charge in [0.1, 0.15) is 11.6 Å². The van der Waals surface area contributed by atoms with Crippen LogP contribution in [-0.2, 0) is 6.54 Å². The van der Waals surface area contributed by atoms with E-state index in [2.05, 4.69) is 20.5 Å². The van der Waals surface area contributed by atoms with Crippen molar-refractivity contribution in [2.75, 3.05) is 5.32 Å². The van der Waals surface area contributed by atoms with Crippen LogP contribution in [0.4, 0.5) is 10.2 Å². The van der Waals surface area contributed by atoms with Gasteiger partial charge >= 0.3 is 0 Å². The number of nitrogens with one attached hydrogen (secondary N) is 1. The van der Waals surface area contributed by atoms with Gasteiger partial charge in [-0.25, -0.2) is 9.37 Å². The van der Waals surface area contributed by atoms with E-state index in [0.29, 0.717) is 23.8 Å². The van der Waals surface area contributed by atoms with Gasteiger partial charge in [0, 0.05) is 24.9 Å². The highest BCUT2D eigenvalue weighted by Crippen LogP contribution is 2.39. The number of hydrogen-bond acceptors (Lipinski definition) is 4. The van der Waals surface area contributed by atoms with Gasteiger partial charge in [0.05, 0.1) is 0 Å². The minimum absolute atomic E-state index is 0.185. The normalized spacial score (nSPS) is 14.5. The van der Waals surface area contributed by atoms with Crippen molar-refractivity contribution in [3.05, 3.63) is 53.4 Å². The first-order valence-corrected chi connectivity index (χ1v) is 7.41. The van der Waals surface area contributed by atoms with E-state index in [1.54, 1.807) is 19.2 Å². The Bertz CT molecular complexity index is 838. The standard InChI is InChI=1S/C16H16FN5/c1-10-8-11(2-5-13(10)17)9-19-14-16-21-20-15(12-3-4-12)22(16)7-6-18-14/h2,5-8,12H,3-4,9H2,1H3,(H,18,19). The highest BCUT2D eigenvalue weighted by atomic mass is 19.1. The second-order valence-corrected chi connectivity index (χ2v) is 5.74. The third-order valence-electron chi connectivity index (χ3n) is 3.98. The highest BCUT2D eigenvalue weighted by molar-refractivity contribution is 5.62. The molecule has 5 nitrogen and oxygen atoms in total. The van der Waals surface area contributed by atoms with Crippen LogP contribution in [0.15, 0.2) is 30.6 Å². The number of halogens is 1. The first-order chi connectivity index (χ1) is 10.7. The molecule has 1 aliphatic rings. The van der Waals surface area contributed by atoms with Gasteiger partial charge < -0.3 is 5.32 Å². The van der Waals surface area contributed by atoms with Crippen LogP contribution in [0.1, 0.15) is 35.7 Å². The number of anilines is 1. The highest BCUT2D eigenvalue weighted by Gasteiger charge is 2.29. The van der Waals surface area contributed by atoms with Crippen LogP contribution in [0.2, 0.25) is 0 Å². The third kappa shape index (κ3) is 2.30. The molecule has 1 saturated carbocycles. The summed E-state index contributed by atoms with van der Waals surface area (Å²) in [6, 6.07) is 5.10. The molecule has 4 rings (SSSR count). The zero-order valence-corrected chi connectivity index (χ0v) is 12.3. The van der Waals surface area contributed by atoms with E-state index in [0.717, 1.165) is 17.0 Å². The van der Waals surface area contributed by atoms with Crippen LogP contribution in [-0.4, -0.2) is 19.6 Å². The molecule has 1 fully saturated rings.